The van der Waals surface area contributed by atoms with Crippen molar-refractivity contribution in [1.29, 1.82) is 0 Å². The van der Waals surface area contributed by atoms with E-state index >= 15 is 0 Å². The summed E-state index contributed by atoms with van der Waals surface area (Å²) < 4.78 is 27.3. The molecule has 96 valence electrons. The number of sulfonamides is 1. The van der Waals surface area contributed by atoms with Crippen LogP contribution in [0.4, 0.5) is 5.69 Å². The molecule has 1 aromatic carbocycles. The summed E-state index contributed by atoms with van der Waals surface area (Å²) in [6.45, 7) is 0. The Kier molecular flexibility index (Phi) is 2.96. The molecule has 0 atom stereocenters. The van der Waals surface area contributed by atoms with Gasteiger partial charge in [0, 0.05) is 17.0 Å². The first-order valence-electron chi connectivity index (χ1n) is 5.55. The van der Waals surface area contributed by atoms with E-state index in [0.717, 1.165) is 0 Å². The lowest BCUT2D eigenvalue weighted by Gasteiger charge is -2.08. The van der Waals surface area contributed by atoms with Crippen molar-refractivity contribution in [2.24, 2.45) is 0 Å². The summed E-state index contributed by atoms with van der Waals surface area (Å²) in [7, 11) is -3.59. The Morgan fingerprint density at radius 2 is 2.00 bits per heavy atom. The molecule has 0 bridgehead atoms. The van der Waals surface area contributed by atoms with Crippen LogP contribution in [0.1, 0.15) is 0 Å². The predicted octanol–water partition coefficient (Wildman–Crippen LogP) is 3.10. The van der Waals surface area contributed by atoms with Crippen molar-refractivity contribution in [3.63, 3.8) is 0 Å². The molecule has 3 aromatic rings. The number of benzene rings is 1. The normalized spacial score (nSPS) is 11.6. The predicted molar refractivity (Wildman–Crippen MR) is 76.9 cm³/mol. The minimum Gasteiger partial charge on any atom is -0.279 e. The quantitative estimate of drug-likeness (QED) is 0.806. The van der Waals surface area contributed by atoms with E-state index in [1.807, 2.05) is 5.38 Å². The zero-order valence-electron chi connectivity index (χ0n) is 9.78. The minimum absolute atomic E-state index is 0.240. The number of hydrogen-bond donors (Lipinski definition) is 1. The zero-order chi connectivity index (χ0) is 13.3. The Labute approximate surface area is 114 Å². The van der Waals surface area contributed by atoms with Crippen LogP contribution in [0.15, 0.2) is 58.3 Å². The van der Waals surface area contributed by atoms with E-state index in [1.165, 1.54) is 11.3 Å². The number of rotatable bonds is 3. The summed E-state index contributed by atoms with van der Waals surface area (Å²) in [6, 6.07) is 10.3. The number of fused-ring (bicyclic) bond motifs is 1. The summed E-state index contributed by atoms with van der Waals surface area (Å²) in [5.41, 5.74) is 1.24. The molecular weight excluding hydrogens is 280 g/mol. The molecule has 19 heavy (non-hydrogen) atoms. The standard InChI is InChI=1S/C13H10N2O2S2/c16-19(17,15-10-6-8-18-9-10)13-5-1-4-12-11(13)3-2-7-14-12/h1-9,15H. The lowest BCUT2D eigenvalue weighted by atomic mass is 10.2. The third-order valence-electron chi connectivity index (χ3n) is 2.67. The molecule has 1 N–H and O–H groups in total. The van der Waals surface area contributed by atoms with Gasteiger partial charge in [-0.25, -0.2) is 8.42 Å². The molecular formula is C13H10N2O2S2. The first-order valence-corrected chi connectivity index (χ1v) is 7.98. The molecule has 0 radical (unpaired) electrons. The van der Waals surface area contributed by atoms with Crippen LogP contribution in [0.3, 0.4) is 0 Å². The van der Waals surface area contributed by atoms with Crippen LogP contribution in [-0.4, -0.2) is 13.4 Å². The molecule has 2 aromatic heterocycles. The van der Waals surface area contributed by atoms with Crippen LogP contribution < -0.4 is 4.72 Å². The topological polar surface area (TPSA) is 59.1 Å². The Balaban J connectivity index is 2.13. The second kappa shape index (κ2) is 4.64. The van der Waals surface area contributed by atoms with E-state index in [9.17, 15) is 8.42 Å². The van der Waals surface area contributed by atoms with Crippen molar-refractivity contribution in [2.75, 3.05) is 4.72 Å². The Bertz CT molecular complexity index is 806. The number of nitrogens with one attached hydrogen (secondary N) is 1. The van der Waals surface area contributed by atoms with E-state index in [4.69, 9.17) is 0 Å². The fourth-order valence-electron chi connectivity index (χ4n) is 1.84. The number of pyridine rings is 1. The highest BCUT2D eigenvalue weighted by atomic mass is 32.2. The number of aromatic nitrogens is 1. The van der Waals surface area contributed by atoms with Gasteiger partial charge in [-0.15, -0.1) is 0 Å². The minimum atomic E-state index is -3.59. The van der Waals surface area contributed by atoms with E-state index in [2.05, 4.69) is 9.71 Å². The van der Waals surface area contributed by atoms with Gasteiger partial charge < -0.3 is 0 Å². The van der Waals surface area contributed by atoms with Crippen LogP contribution in [-0.2, 0) is 10.0 Å². The molecule has 4 nitrogen and oxygen atoms in total. The monoisotopic (exact) mass is 290 g/mol. The number of nitrogens with zero attached hydrogens (tertiary/aromatic N) is 1. The summed E-state index contributed by atoms with van der Waals surface area (Å²) in [5.74, 6) is 0. The maximum atomic E-state index is 12.4. The molecule has 0 saturated heterocycles. The number of hydrogen-bond acceptors (Lipinski definition) is 4. The molecule has 3 rings (SSSR count). The summed E-state index contributed by atoms with van der Waals surface area (Å²) in [5, 5.41) is 4.19. The van der Waals surface area contributed by atoms with Gasteiger partial charge in [0.2, 0.25) is 0 Å². The van der Waals surface area contributed by atoms with Gasteiger partial charge in [0.25, 0.3) is 10.0 Å². The Morgan fingerprint density at radius 3 is 2.79 bits per heavy atom. The fraction of sp³-hybridized carbons (Fsp3) is 0. The van der Waals surface area contributed by atoms with Crippen LogP contribution in [0.25, 0.3) is 10.9 Å². The molecule has 0 aliphatic rings. The van der Waals surface area contributed by atoms with Crippen LogP contribution in [0.5, 0.6) is 0 Å². The molecule has 0 aliphatic heterocycles. The molecule has 0 aliphatic carbocycles. The van der Waals surface area contributed by atoms with Gasteiger partial charge in [-0.1, -0.05) is 6.07 Å². The molecule has 0 amide bonds. The zero-order valence-corrected chi connectivity index (χ0v) is 11.4. The SMILES string of the molecule is O=S(=O)(Nc1ccsc1)c1cccc2ncccc12. The Hall–Kier alpha value is -1.92. The fourth-order valence-corrected chi connectivity index (χ4v) is 3.77. The first kappa shape index (κ1) is 12.1. The summed E-state index contributed by atoms with van der Waals surface area (Å²) in [4.78, 5) is 4.40. The molecule has 0 saturated carbocycles. The van der Waals surface area contributed by atoms with Crippen molar-refractivity contribution < 1.29 is 8.42 Å². The molecule has 0 spiro atoms. The first-order chi connectivity index (χ1) is 9.17. The van der Waals surface area contributed by atoms with Crippen molar-refractivity contribution in [2.45, 2.75) is 4.90 Å². The van der Waals surface area contributed by atoms with Crippen LogP contribution >= 0.6 is 11.3 Å². The van der Waals surface area contributed by atoms with Crippen LogP contribution in [0, 0.1) is 0 Å². The highest BCUT2D eigenvalue weighted by Gasteiger charge is 2.17. The van der Waals surface area contributed by atoms with Gasteiger partial charge >= 0.3 is 0 Å². The van der Waals surface area contributed by atoms with E-state index in [1.54, 1.807) is 48.0 Å². The maximum absolute atomic E-state index is 12.4. The number of anilines is 1. The van der Waals surface area contributed by atoms with Gasteiger partial charge in [0.15, 0.2) is 0 Å². The maximum Gasteiger partial charge on any atom is 0.262 e. The summed E-state index contributed by atoms with van der Waals surface area (Å²) in [6.07, 6.45) is 1.64. The van der Waals surface area contributed by atoms with Crippen molar-refractivity contribution in [3.05, 3.63) is 53.4 Å². The van der Waals surface area contributed by atoms with Crippen molar-refractivity contribution >= 4 is 38.0 Å². The lowest BCUT2D eigenvalue weighted by Crippen LogP contribution is -2.12. The largest absolute Gasteiger partial charge is 0.279 e. The van der Waals surface area contributed by atoms with Crippen molar-refractivity contribution in [3.8, 4) is 0 Å². The highest BCUT2D eigenvalue weighted by Crippen LogP contribution is 2.24. The average Bonchev–Trinajstić information content (AvgIpc) is 2.90. The second-order valence-corrected chi connectivity index (χ2v) is 6.37. The van der Waals surface area contributed by atoms with E-state index in [-0.39, 0.29) is 4.90 Å². The van der Waals surface area contributed by atoms with Gasteiger partial charge in [-0.05, 0) is 35.7 Å². The van der Waals surface area contributed by atoms with Crippen molar-refractivity contribution in [1.82, 2.24) is 4.98 Å². The Morgan fingerprint density at radius 1 is 1.11 bits per heavy atom. The smallest absolute Gasteiger partial charge is 0.262 e. The second-order valence-electron chi connectivity index (χ2n) is 3.94. The van der Waals surface area contributed by atoms with E-state index in [0.29, 0.717) is 16.6 Å². The molecule has 0 fully saturated rings. The van der Waals surface area contributed by atoms with Gasteiger partial charge in [-0.2, -0.15) is 11.3 Å². The lowest BCUT2D eigenvalue weighted by molar-refractivity contribution is 0.602. The third-order valence-corrected chi connectivity index (χ3v) is 4.79. The molecule has 0 unspecified atom stereocenters. The third kappa shape index (κ3) is 2.32. The van der Waals surface area contributed by atoms with Gasteiger partial charge in [-0.3, -0.25) is 9.71 Å². The van der Waals surface area contributed by atoms with Gasteiger partial charge in [0.1, 0.15) is 0 Å². The molecule has 2 heterocycles. The molecule has 6 heteroatoms. The van der Waals surface area contributed by atoms with E-state index < -0.39 is 10.0 Å². The van der Waals surface area contributed by atoms with Gasteiger partial charge in [0.05, 0.1) is 16.1 Å². The van der Waals surface area contributed by atoms with Crippen LogP contribution in [0.2, 0.25) is 0 Å². The highest BCUT2D eigenvalue weighted by molar-refractivity contribution is 7.93. The summed E-state index contributed by atoms with van der Waals surface area (Å²) >= 11 is 1.44. The average molecular weight is 290 g/mol. The number of thiophene rings is 1.